The van der Waals surface area contributed by atoms with Crippen LogP contribution in [0.5, 0.6) is 0 Å². The highest BCUT2D eigenvalue weighted by Crippen LogP contribution is 2.36. The van der Waals surface area contributed by atoms with E-state index in [-0.39, 0.29) is 11.1 Å². The summed E-state index contributed by atoms with van der Waals surface area (Å²) in [4.78, 5) is 5.11. The number of rotatable bonds is 11. The van der Waals surface area contributed by atoms with Crippen LogP contribution in [0.25, 0.3) is 0 Å². The molecule has 0 spiro atoms. The quantitative estimate of drug-likeness (QED) is 0.173. The zero-order valence-electron chi connectivity index (χ0n) is 20.7. The highest BCUT2D eigenvalue weighted by atomic mass is 28.4. The van der Waals surface area contributed by atoms with Crippen molar-refractivity contribution in [3.63, 3.8) is 0 Å². The topological polar surface area (TPSA) is 41.8 Å². The Hall–Kier alpha value is -2.01. The third-order valence-corrected chi connectivity index (χ3v) is 10.8. The zero-order chi connectivity index (χ0) is 23.6. The van der Waals surface area contributed by atoms with Crippen LogP contribution in [0, 0.1) is 0 Å². The zero-order valence-corrected chi connectivity index (χ0v) is 21.7. The van der Waals surface area contributed by atoms with Crippen molar-refractivity contribution >= 4 is 14.0 Å². The van der Waals surface area contributed by atoms with E-state index in [0.717, 1.165) is 36.1 Å². The summed E-state index contributed by atoms with van der Waals surface area (Å²) in [6, 6.07) is 20.0. The molecular formula is C28H41NO2Si. The summed E-state index contributed by atoms with van der Waals surface area (Å²) in [5.74, 6) is 0. The summed E-state index contributed by atoms with van der Waals surface area (Å²) in [5.41, 5.74) is 2.97. The Morgan fingerprint density at radius 2 is 1.53 bits per heavy atom. The SMILES string of the molecule is CCCC/C=C/[C@H](O)[C@@H](CO[Si](C)(C)C(C)(C)C)N=C(c1ccccc1)c1ccccc1. The molecule has 0 heterocycles. The van der Waals surface area contributed by atoms with Crippen molar-refractivity contribution < 1.29 is 9.53 Å². The molecule has 0 unspecified atom stereocenters. The van der Waals surface area contributed by atoms with Crippen LogP contribution in [0.3, 0.4) is 0 Å². The Kier molecular flexibility index (Phi) is 10.1. The third-order valence-electron chi connectivity index (χ3n) is 6.26. The minimum Gasteiger partial charge on any atom is -0.415 e. The number of unbranched alkanes of at least 4 members (excludes halogenated alkanes) is 2. The minimum absolute atomic E-state index is 0.102. The molecule has 0 aliphatic carbocycles. The molecule has 174 valence electrons. The van der Waals surface area contributed by atoms with Crippen LogP contribution in [0.1, 0.15) is 58.1 Å². The molecule has 0 aromatic heterocycles. The number of aliphatic hydroxyl groups is 1. The van der Waals surface area contributed by atoms with Gasteiger partial charge in [0.1, 0.15) is 6.04 Å². The van der Waals surface area contributed by atoms with Gasteiger partial charge in [0, 0.05) is 11.1 Å². The number of aliphatic imine (C=N–C) groups is 1. The average molecular weight is 452 g/mol. The first kappa shape index (κ1) is 26.2. The standard InChI is InChI=1S/C28H41NO2Si/c1-7-8-9-16-21-26(30)25(22-31-32(5,6)28(2,3)4)29-27(23-17-12-10-13-18-23)24-19-14-11-15-20-24/h10-21,25-26,30H,7-9,22H2,1-6H3/b21-16+/t25-,26+/m1/s1. The monoisotopic (exact) mass is 451 g/mol. The summed E-state index contributed by atoms with van der Waals surface area (Å²) in [7, 11) is -1.97. The molecule has 0 fully saturated rings. The molecule has 0 radical (unpaired) electrons. The number of hydrogen-bond acceptors (Lipinski definition) is 3. The van der Waals surface area contributed by atoms with Gasteiger partial charge < -0.3 is 9.53 Å². The first-order valence-electron chi connectivity index (χ1n) is 11.8. The van der Waals surface area contributed by atoms with Crippen molar-refractivity contribution in [1.82, 2.24) is 0 Å². The molecule has 0 amide bonds. The van der Waals surface area contributed by atoms with E-state index in [1.165, 1.54) is 0 Å². The van der Waals surface area contributed by atoms with E-state index in [9.17, 15) is 5.11 Å². The molecule has 0 saturated heterocycles. The second-order valence-electron chi connectivity index (χ2n) is 9.91. The number of aliphatic hydroxyl groups excluding tert-OH is 1. The molecule has 1 N–H and O–H groups in total. The van der Waals surface area contributed by atoms with E-state index in [0.29, 0.717) is 6.61 Å². The lowest BCUT2D eigenvalue weighted by atomic mass is 10.0. The van der Waals surface area contributed by atoms with Crippen LogP contribution in [0.2, 0.25) is 18.1 Å². The third kappa shape index (κ3) is 7.84. The summed E-state index contributed by atoms with van der Waals surface area (Å²) in [5, 5.41) is 11.2. The second-order valence-corrected chi connectivity index (χ2v) is 14.7. The van der Waals surface area contributed by atoms with Crippen LogP contribution in [-0.4, -0.2) is 37.9 Å². The van der Waals surface area contributed by atoms with Gasteiger partial charge in [-0.05, 0) is 24.6 Å². The molecule has 0 bridgehead atoms. The van der Waals surface area contributed by atoms with E-state index >= 15 is 0 Å². The van der Waals surface area contributed by atoms with E-state index in [2.05, 4.69) is 71.1 Å². The average Bonchev–Trinajstić information content (AvgIpc) is 2.77. The van der Waals surface area contributed by atoms with Gasteiger partial charge in [0.25, 0.3) is 0 Å². The molecular weight excluding hydrogens is 410 g/mol. The predicted octanol–water partition coefficient (Wildman–Crippen LogP) is 7.02. The van der Waals surface area contributed by atoms with E-state index in [1.54, 1.807) is 0 Å². The van der Waals surface area contributed by atoms with Crippen molar-refractivity contribution in [2.75, 3.05) is 6.61 Å². The Morgan fingerprint density at radius 3 is 2.00 bits per heavy atom. The molecule has 32 heavy (non-hydrogen) atoms. The van der Waals surface area contributed by atoms with E-state index in [1.807, 2.05) is 42.5 Å². The van der Waals surface area contributed by atoms with Gasteiger partial charge in [0.05, 0.1) is 18.4 Å². The van der Waals surface area contributed by atoms with Crippen LogP contribution in [0.4, 0.5) is 0 Å². The van der Waals surface area contributed by atoms with Gasteiger partial charge in [-0.2, -0.15) is 0 Å². The van der Waals surface area contributed by atoms with Crippen LogP contribution < -0.4 is 0 Å². The van der Waals surface area contributed by atoms with Crippen molar-refractivity contribution in [3.8, 4) is 0 Å². The molecule has 4 heteroatoms. The van der Waals surface area contributed by atoms with Crippen molar-refractivity contribution in [1.29, 1.82) is 0 Å². The Morgan fingerprint density at radius 1 is 1.00 bits per heavy atom. The lowest BCUT2D eigenvalue weighted by Crippen LogP contribution is -2.44. The Balaban J connectivity index is 2.42. The van der Waals surface area contributed by atoms with Gasteiger partial charge >= 0.3 is 0 Å². The minimum atomic E-state index is -1.97. The molecule has 0 saturated carbocycles. The van der Waals surface area contributed by atoms with Gasteiger partial charge in [0.2, 0.25) is 0 Å². The maximum atomic E-state index is 11.1. The molecule has 3 nitrogen and oxygen atoms in total. The van der Waals surface area contributed by atoms with E-state index < -0.39 is 14.4 Å². The number of allylic oxidation sites excluding steroid dienone is 1. The summed E-state index contributed by atoms with van der Waals surface area (Å²) in [6.07, 6.45) is 6.51. The molecule has 2 aromatic rings. The normalized spacial score (nSPS) is 14.3. The number of benzene rings is 2. The number of hydrogen-bond donors (Lipinski definition) is 1. The van der Waals surface area contributed by atoms with Crippen molar-refractivity contribution in [2.45, 2.75) is 77.2 Å². The van der Waals surface area contributed by atoms with Crippen LogP contribution in [0.15, 0.2) is 77.8 Å². The first-order valence-corrected chi connectivity index (χ1v) is 14.7. The van der Waals surface area contributed by atoms with Gasteiger partial charge in [-0.1, -0.05) is 113 Å². The lowest BCUT2D eigenvalue weighted by molar-refractivity contribution is 0.147. The summed E-state index contributed by atoms with van der Waals surface area (Å²) in [6.45, 7) is 13.8. The maximum Gasteiger partial charge on any atom is 0.192 e. The fraction of sp³-hybridized carbons (Fsp3) is 0.464. The fourth-order valence-corrected chi connectivity index (χ4v) is 4.10. The fourth-order valence-electron chi connectivity index (χ4n) is 3.08. The van der Waals surface area contributed by atoms with Gasteiger partial charge in [-0.3, -0.25) is 4.99 Å². The highest BCUT2D eigenvalue weighted by Gasteiger charge is 2.38. The largest absolute Gasteiger partial charge is 0.415 e. The second kappa shape index (κ2) is 12.3. The van der Waals surface area contributed by atoms with Gasteiger partial charge in [-0.15, -0.1) is 0 Å². The highest BCUT2D eigenvalue weighted by molar-refractivity contribution is 6.74. The van der Waals surface area contributed by atoms with E-state index in [4.69, 9.17) is 9.42 Å². The Labute approximate surface area is 196 Å². The Bertz CT molecular complexity index is 813. The summed E-state index contributed by atoms with van der Waals surface area (Å²) < 4.78 is 6.52. The molecule has 0 aliphatic rings. The number of nitrogens with zero attached hydrogens (tertiary/aromatic N) is 1. The molecule has 0 aliphatic heterocycles. The first-order chi connectivity index (χ1) is 15.2. The smallest absolute Gasteiger partial charge is 0.192 e. The van der Waals surface area contributed by atoms with Gasteiger partial charge in [0.15, 0.2) is 8.32 Å². The predicted molar refractivity (Wildman–Crippen MR) is 140 cm³/mol. The van der Waals surface area contributed by atoms with Gasteiger partial charge in [-0.25, -0.2) is 0 Å². The van der Waals surface area contributed by atoms with Crippen molar-refractivity contribution in [3.05, 3.63) is 83.9 Å². The summed E-state index contributed by atoms with van der Waals surface area (Å²) >= 11 is 0. The molecule has 2 rings (SSSR count). The molecule has 2 aromatic carbocycles. The molecule has 2 atom stereocenters. The van der Waals surface area contributed by atoms with Crippen molar-refractivity contribution in [2.24, 2.45) is 4.99 Å². The lowest BCUT2D eigenvalue weighted by Gasteiger charge is -2.37. The maximum absolute atomic E-state index is 11.1. The van der Waals surface area contributed by atoms with Crippen LogP contribution in [-0.2, 0) is 4.43 Å². The van der Waals surface area contributed by atoms with Crippen LogP contribution >= 0.6 is 0 Å².